The molecule has 0 aromatic carbocycles. The van der Waals surface area contributed by atoms with Crippen LogP contribution in [-0.2, 0) is 4.79 Å². The lowest BCUT2D eigenvalue weighted by molar-refractivity contribution is -0.124. The first-order valence-electron chi connectivity index (χ1n) is 7.21. The molecule has 118 valence electrons. The smallest absolute Gasteiger partial charge is 0.243 e. The molecule has 0 aliphatic heterocycles. The number of amides is 1. The summed E-state index contributed by atoms with van der Waals surface area (Å²) >= 11 is 1.75. The highest BCUT2D eigenvalue weighted by Gasteiger charge is 2.18. The third-order valence-electron chi connectivity index (χ3n) is 3.16. The Balaban J connectivity index is 1.78. The average molecular weight is 319 g/mol. The van der Waals surface area contributed by atoms with Gasteiger partial charge in [0.2, 0.25) is 11.9 Å². The van der Waals surface area contributed by atoms with E-state index in [4.69, 9.17) is 0 Å². The maximum Gasteiger partial charge on any atom is 0.243 e. The van der Waals surface area contributed by atoms with Gasteiger partial charge < -0.3 is 15.2 Å². The molecule has 0 radical (unpaired) electrons. The van der Waals surface area contributed by atoms with Crippen LogP contribution in [0.15, 0.2) is 43.0 Å². The van der Waals surface area contributed by atoms with Gasteiger partial charge in [-0.15, -0.1) is 0 Å². The summed E-state index contributed by atoms with van der Waals surface area (Å²) in [6.45, 7) is 1.13. The van der Waals surface area contributed by atoms with Crippen LogP contribution in [0.2, 0.25) is 0 Å². The van der Waals surface area contributed by atoms with E-state index in [-0.39, 0.29) is 11.9 Å². The van der Waals surface area contributed by atoms with E-state index in [0.717, 1.165) is 12.2 Å². The first-order valence-corrected chi connectivity index (χ1v) is 8.60. The number of anilines is 1. The number of thioether (sulfide) groups is 1. The predicted molar refractivity (Wildman–Crippen MR) is 90.0 cm³/mol. The highest BCUT2D eigenvalue weighted by Crippen LogP contribution is 2.14. The molecule has 1 unspecified atom stereocenters. The minimum Gasteiger partial charge on any atom is -0.353 e. The van der Waals surface area contributed by atoms with Crippen molar-refractivity contribution in [1.82, 2.24) is 19.9 Å². The lowest BCUT2D eigenvalue weighted by atomic mass is 10.2. The van der Waals surface area contributed by atoms with E-state index in [1.807, 2.05) is 29.1 Å². The van der Waals surface area contributed by atoms with Gasteiger partial charge in [-0.25, -0.2) is 9.97 Å². The van der Waals surface area contributed by atoms with Crippen LogP contribution in [0.3, 0.4) is 0 Å². The van der Waals surface area contributed by atoms with Crippen molar-refractivity contribution in [3.63, 3.8) is 0 Å². The molecule has 1 amide bonds. The quantitative estimate of drug-likeness (QED) is 0.690. The SMILES string of the molecule is CSCCC(C(=O)NCCNc1ncccn1)n1cccc1. The molecule has 0 saturated carbocycles. The fourth-order valence-electron chi connectivity index (χ4n) is 2.07. The number of aromatic nitrogens is 3. The summed E-state index contributed by atoms with van der Waals surface area (Å²) in [6, 6.07) is 5.48. The molecule has 0 bridgehead atoms. The number of carbonyl (C=O) groups excluding carboxylic acids is 1. The second-order valence-corrected chi connectivity index (χ2v) is 5.70. The molecule has 2 rings (SSSR count). The van der Waals surface area contributed by atoms with Gasteiger partial charge in [-0.05, 0) is 36.6 Å². The fourth-order valence-corrected chi connectivity index (χ4v) is 2.53. The van der Waals surface area contributed by atoms with Crippen LogP contribution in [0.4, 0.5) is 5.95 Å². The minimum atomic E-state index is -0.157. The van der Waals surface area contributed by atoms with Gasteiger partial charge in [-0.2, -0.15) is 11.8 Å². The fraction of sp³-hybridized carbons (Fsp3) is 0.400. The number of carbonyl (C=O) groups is 1. The lowest BCUT2D eigenvalue weighted by Gasteiger charge is -2.18. The first kappa shape index (κ1) is 16.4. The van der Waals surface area contributed by atoms with Crippen LogP contribution in [0, 0.1) is 0 Å². The molecular weight excluding hydrogens is 298 g/mol. The first-order chi connectivity index (χ1) is 10.8. The molecule has 0 spiro atoms. The molecular formula is C15H21N5OS. The summed E-state index contributed by atoms with van der Waals surface area (Å²) in [7, 11) is 0. The number of rotatable bonds is 9. The summed E-state index contributed by atoms with van der Waals surface area (Å²) in [5.41, 5.74) is 0. The van der Waals surface area contributed by atoms with Crippen molar-refractivity contribution >= 4 is 23.6 Å². The maximum absolute atomic E-state index is 12.4. The van der Waals surface area contributed by atoms with Gasteiger partial charge in [0.15, 0.2) is 0 Å². The van der Waals surface area contributed by atoms with Gasteiger partial charge in [-0.3, -0.25) is 4.79 Å². The van der Waals surface area contributed by atoms with Crippen molar-refractivity contribution in [1.29, 1.82) is 0 Å². The molecule has 2 N–H and O–H groups in total. The van der Waals surface area contributed by atoms with E-state index in [0.29, 0.717) is 19.0 Å². The average Bonchev–Trinajstić information content (AvgIpc) is 3.07. The molecule has 22 heavy (non-hydrogen) atoms. The van der Waals surface area contributed by atoms with Crippen molar-refractivity contribution in [2.24, 2.45) is 0 Å². The molecule has 2 aromatic rings. The van der Waals surface area contributed by atoms with Gasteiger partial charge >= 0.3 is 0 Å². The monoisotopic (exact) mass is 319 g/mol. The highest BCUT2D eigenvalue weighted by atomic mass is 32.2. The Morgan fingerprint density at radius 1 is 1.23 bits per heavy atom. The van der Waals surface area contributed by atoms with Crippen molar-refractivity contribution in [3.8, 4) is 0 Å². The number of hydrogen-bond donors (Lipinski definition) is 2. The summed E-state index contributed by atoms with van der Waals surface area (Å²) in [6.07, 6.45) is 10.1. The number of nitrogens with zero attached hydrogens (tertiary/aromatic N) is 3. The van der Waals surface area contributed by atoms with E-state index < -0.39 is 0 Å². The molecule has 2 aromatic heterocycles. The summed E-state index contributed by atoms with van der Waals surface area (Å²) < 4.78 is 1.96. The minimum absolute atomic E-state index is 0.0426. The van der Waals surface area contributed by atoms with E-state index in [2.05, 4.69) is 26.9 Å². The Hall–Kier alpha value is -2.02. The van der Waals surface area contributed by atoms with Gasteiger partial charge in [0.05, 0.1) is 0 Å². The van der Waals surface area contributed by atoms with E-state index >= 15 is 0 Å². The molecule has 2 heterocycles. The van der Waals surface area contributed by atoms with Gasteiger partial charge in [0.25, 0.3) is 0 Å². The maximum atomic E-state index is 12.4. The van der Waals surface area contributed by atoms with Crippen LogP contribution in [0.5, 0.6) is 0 Å². The van der Waals surface area contributed by atoms with Gasteiger partial charge in [0.1, 0.15) is 6.04 Å². The third-order valence-corrected chi connectivity index (χ3v) is 3.80. The van der Waals surface area contributed by atoms with Crippen molar-refractivity contribution < 1.29 is 4.79 Å². The number of hydrogen-bond acceptors (Lipinski definition) is 5. The molecule has 1 atom stereocenters. The second kappa shape index (κ2) is 9.09. The lowest BCUT2D eigenvalue weighted by Crippen LogP contribution is -2.35. The molecule has 7 heteroatoms. The summed E-state index contributed by atoms with van der Waals surface area (Å²) in [5.74, 6) is 1.56. The van der Waals surface area contributed by atoms with Crippen molar-refractivity contribution in [3.05, 3.63) is 43.0 Å². The molecule has 6 nitrogen and oxygen atoms in total. The Labute approximate surface area is 134 Å². The van der Waals surface area contributed by atoms with Gasteiger partial charge in [-0.1, -0.05) is 0 Å². The standard InChI is InChI=1S/C15H21N5OS/c1-22-12-5-13(20-10-2-3-11-20)14(21)16-8-9-19-15-17-6-4-7-18-15/h2-4,6-7,10-11,13H,5,8-9,12H2,1H3,(H,16,21)(H,17,18,19). The largest absolute Gasteiger partial charge is 0.353 e. The van der Waals surface area contributed by atoms with E-state index in [9.17, 15) is 4.79 Å². The Bertz CT molecular complexity index is 546. The second-order valence-electron chi connectivity index (χ2n) is 4.72. The Kier molecular flexibility index (Phi) is 6.76. The molecule has 0 saturated heterocycles. The van der Waals surface area contributed by atoms with Crippen LogP contribution in [-0.4, -0.2) is 45.5 Å². The van der Waals surface area contributed by atoms with Crippen LogP contribution in [0.25, 0.3) is 0 Å². The van der Waals surface area contributed by atoms with Crippen molar-refractivity contribution in [2.75, 3.05) is 30.4 Å². The zero-order valence-corrected chi connectivity index (χ0v) is 13.4. The predicted octanol–water partition coefficient (Wildman–Crippen LogP) is 1.80. The third kappa shape index (κ3) is 5.07. The van der Waals surface area contributed by atoms with E-state index in [1.54, 1.807) is 30.2 Å². The summed E-state index contributed by atoms with van der Waals surface area (Å²) in [4.78, 5) is 20.5. The number of nitrogens with one attached hydrogen (secondary N) is 2. The molecule has 0 aliphatic carbocycles. The van der Waals surface area contributed by atoms with Gasteiger partial charge in [0, 0.05) is 37.9 Å². The zero-order valence-electron chi connectivity index (χ0n) is 12.6. The Morgan fingerprint density at radius 2 is 1.95 bits per heavy atom. The topological polar surface area (TPSA) is 71.8 Å². The van der Waals surface area contributed by atoms with Crippen LogP contribution < -0.4 is 10.6 Å². The Morgan fingerprint density at radius 3 is 2.64 bits per heavy atom. The zero-order chi connectivity index (χ0) is 15.6. The highest BCUT2D eigenvalue weighted by molar-refractivity contribution is 7.98. The normalized spacial score (nSPS) is 11.9. The molecule has 0 fully saturated rings. The van der Waals surface area contributed by atoms with Crippen LogP contribution in [0.1, 0.15) is 12.5 Å². The van der Waals surface area contributed by atoms with Crippen LogP contribution >= 0.6 is 11.8 Å². The van der Waals surface area contributed by atoms with E-state index in [1.165, 1.54) is 0 Å². The van der Waals surface area contributed by atoms with Crippen molar-refractivity contribution in [2.45, 2.75) is 12.5 Å². The summed E-state index contributed by atoms with van der Waals surface area (Å²) in [5, 5.41) is 6.03. The molecule has 0 aliphatic rings.